The third-order valence-corrected chi connectivity index (χ3v) is 8.58. The van der Waals surface area contributed by atoms with Crippen molar-refractivity contribution in [2.75, 3.05) is 11.1 Å². The maximum atomic E-state index is 13.6. The van der Waals surface area contributed by atoms with Gasteiger partial charge in [0.15, 0.2) is 5.16 Å². The number of thioether (sulfide) groups is 1. The quantitative estimate of drug-likeness (QED) is 0.163. The van der Waals surface area contributed by atoms with E-state index in [1.165, 1.54) is 34.4 Å². The number of aromatic nitrogens is 2. The zero-order valence-electron chi connectivity index (χ0n) is 18.9. The van der Waals surface area contributed by atoms with Crippen molar-refractivity contribution < 1.29 is 13.2 Å². The fourth-order valence-electron chi connectivity index (χ4n) is 3.46. The van der Waals surface area contributed by atoms with Gasteiger partial charge in [0.2, 0.25) is 15.9 Å². The van der Waals surface area contributed by atoms with Crippen LogP contribution in [0.4, 0.5) is 5.69 Å². The summed E-state index contributed by atoms with van der Waals surface area (Å²) in [6.45, 7) is 2.06. The van der Waals surface area contributed by atoms with Crippen molar-refractivity contribution in [1.29, 1.82) is 0 Å². The third kappa shape index (κ3) is 6.10. The number of anilines is 1. The molecule has 0 aliphatic heterocycles. The summed E-state index contributed by atoms with van der Waals surface area (Å²) in [5, 5.41) is 8.81. The van der Waals surface area contributed by atoms with Gasteiger partial charge in [-0.25, -0.2) is 18.5 Å². The minimum absolute atomic E-state index is 0.0175. The Morgan fingerprint density at radius 3 is 2.36 bits per heavy atom. The Kier molecular flexibility index (Phi) is 8.38. The Labute approximate surface area is 239 Å². The molecule has 0 saturated heterocycles. The molecule has 0 spiro atoms. The molecule has 4 aromatic rings. The smallest absolute Gasteiger partial charge is 0.266 e. The van der Waals surface area contributed by atoms with Crippen LogP contribution in [0.3, 0.4) is 0 Å². The minimum atomic E-state index is -3.89. The summed E-state index contributed by atoms with van der Waals surface area (Å²) in [6, 6.07) is 16.9. The molecule has 0 bridgehead atoms. The lowest BCUT2D eigenvalue weighted by Crippen LogP contribution is -2.23. The first-order valence-corrected chi connectivity index (χ1v) is 15.3. The molecule has 0 aliphatic rings. The predicted octanol–water partition coefficient (Wildman–Crippen LogP) is 4.54. The molecule has 1 heterocycles. The highest BCUT2D eigenvalue weighted by Crippen LogP contribution is 2.26. The number of aryl methyl sites for hydroxylation is 1. The fourth-order valence-corrected chi connectivity index (χ4v) is 6.74. The highest BCUT2D eigenvalue weighted by atomic mass is 127. The molecule has 12 heteroatoms. The molecule has 8 nitrogen and oxygen atoms in total. The van der Waals surface area contributed by atoms with E-state index in [4.69, 9.17) is 10.1 Å². The number of fused-ring (bicyclic) bond motifs is 1. The predicted molar refractivity (Wildman–Crippen MR) is 159 cm³/mol. The van der Waals surface area contributed by atoms with Gasteiger partial charge in [-0.2, -0.15) is 0 Å². The van der Waals surface area contributed by atoms with E-state index in [2.05, 4.69) is 57.4 Å². The lowest BCUT2D eigenvalue weighted by molar-refractivity contribution is -0.113. The van der Waals surface area contributed by atoms with Crippen LogP contribution in [0.5, 0.6) is 0 Å². The van der Waals surface area contributed by atoms with E-state index >= 15 is 0 Å². The van der Waals surface area contributed by atoms with Crippen molar-refractivity contribution in [1.82, 2.24) is 9.55 Å². The average Bonchev–Trinajstić information content (AvgIpc) is 2.83. The largest absolute Gasteiger partial charge is 0.325 e. The van der Waals surface area contributed by atoms with Crippen LogP contribution >= 0.6 is 56.9 Å². The summed E-state index contributed by atoms with van der Waals surface area (Å²) in [5.74, 6) is -0.226. The molecule has 0 atom stereocenters. The Morgan fingerprint density at radius 2 is 1.75 bits per heavy atom. The van der Waals surface area contributed by atoms with Gasteiger partial charge in [0, 0.05) is 12.8 Å². The van der Waals surface area contributed by atoms with E-state index in [1.807, 2.05) is 30.3 Å². The van der Waals surface area contributed by atoms with E-state index in [0.29, 0.717) is 27.4 Å². The summed E-state index contributed by atoms with van der Waals surface area (Å²) < 4.78 is 26.4. The molecule has 4 rings (SSSR count). The molecule has 3 N–H and O–H groups in total. The van der Waals surface area contributed by atoms with E-state index in [1.54, 1.807) is 6.07 Å². The summed E-state index contributed by atoms with van der Waals surface area (Å²) >= 11 is 5.39. The zero-order chi connectivity index (χ0) is 26.0. The lowest BCUT2D eigenvalue weighted by atomic mass is 10.1. The van der Waals surface area contributed by atoms with Crippen molar-refractivity contribution in [3.63, 3.8) is 0 Å². The molecule has 0 aliphatic carbocycles. The van der Waals surface area contributed by atoms with Gasteiger partial charge in [-0.1, -0.05) is 30.8 Å². The van der Waals surface area contributed by atoms with Crippen LogP contribution in [0.25, 0.3) is 16.6 Å². The molecule has 0 radical (unpaired) electrons. The van der Waals surface area contributed by atoms with Gasteiger partial charge in [0.05, 0.1) is 27.2 Å². The lowest BCUT2D eigenvalue weighted by Gasteiger charge is -2.14. The number of rotatable bonds is 7. The number of carbonyl (C=O) groups is 1. The Bertz CT molecular complexity index is 1620. The van der Waals surface area contributed by atoms with Gasteiger partial charge in [-0.05, 0) is 106 Å². The molecule has 1 amide bonds. The summed E-state index contributed by atoms with van der Waals surface area (Å²) in [6.07, 6.45) is 0.908. The first-order valence-electron chi connectivity index (χ1n) is 10.6. The van der Waals surface area contributed by atoms with Crippen LogP contribution in [0.1, 0.15) is 12.5 Å². The van der Waals surface area contributed by atoms with Crippen molar-refractivity contribution in [3.05, 3.63) is 83.7 Å². The summed E-state index contributed by atoms with van der Waals surface area (Å²) in [5.41, 5.74) is 2.48. The molecule has 3 aromatic carbocycles. The van der Waals surface area contributed by atoms with Crippen LogP contribution in [-0.2, 0) is 21.2 Å². The summed E-state index contributed by atoms with van der Waals surface area (Å²) in [7, 11) is -3.89. The number of hydrogen-bond donors (Lipinski definition) is 2. The van der Waals surface area contributed by atoms with Gasteiger partial charge < -0.3 is 5.32 Å². The van der Waals surface area contributed by atoms with E-state index in [0.717, 1.165) is 25.3 Å². The van der Waals surface area contributed by atoms with Crippen LogP contribution in [-0.4, -0.2) is 29.6 Å². The monoisotopic (exact) mass is 746 g/mol. The van der Waals surface area contributed by atoms with E-state index < -0.39 is 10.0 Å². The highest BCUT2D eigenvalue weighted by Gasteiger charge is 2.18. The van der Waals surface area contributed by atoms with Gasteiger partial charge >= 0.3 is 0 Å². The zero-order valence-corrected chi connectivity index (χ0v) is 24.8. The Hall–Kier alpha value is -2.01. The molecule has 1 aromatic heterocycles. The van der Waals surface area contributed by atoms with Crippen molar-refractivity contribution in [2.45, 2.75) is 23.4 Å². The highest BCUT2D eigenvalue weighted by molar-refractivity contribution is 14.1. The molecular formula is C24H20I2N4O4S2. The first-order chi connectivity index (χ1) is 17.1. The topological polar surface area (TPSA) is 124 Å². The number of benzene rings is 3. The average molecular weight is 746 g/mol. The maximum absolute atomic E-state index is 13.6. The van der Waals surface area contributed by atoms with Gasteiger partial charge in [-0.3, -0.25) is 14.2 Å². The minimum Gasteiger partial charge on any atom is -0.325 e. The molecular weight excluding hydrogens is 726 g/mol. The molecule has 36 heavy (non-hydrogen) atoms. The van der Waals surface area contributed by atoms with Gasteiger partial charge in [0.25, 0.3) is 5.56 Å². The standard InChI is InChI=1S/C24H20I2N4O4S2/c1-2-14-3-5-16(6-4-14)28-21(31)13-35-24-29-22-19(11-15(25)12-20(22)26)23(32)30(24)17-7-9-18(10-8-17)36(27,33)34/h3-12H,2,13H2,1H3,(H,28,31)(H2,27,33,34). The summed E-state index contributed by atoms with van der Waals surface area (Å²) in [4.78, 5) is 30.9. The van der Waals surface area contributed by atoms with Gasteiger partial charge in [0.1, 0.15) is 0 Å². The fraction of sp³-hybridized carbons (Fsp3) is 0.125. The molecule has 0 saturated carbocycles. The van der Waals surface area contributed by atoms with Crippen LogP contribution in [0.15, 0.2) is 75.5 Å². The maximum Gasteiger partial charge on any atom is 0.266 e. The number of amides is 1. The van der Waals surface area contributed by atoms with Crippen molar-refractivity contribution >= 4 is 89.5 Å². The number of sulfonamides is 1. The normalized spacial score (nSPS) is 11.6. The number of nitrogens with zero attached hydrogens (tertiary/aromatic N) is 2. The SMILES string of the molecule is CCc1ccc(NC(=O)CSc2nc3c(I)cc(I)cc3c(=O)n2-c2ccc(S(N)(=O)=O)cc2)cc1. The van der Waals surface area contributed by atoms with Crippen LogP contribution in [0, 0.1) is 7.14 Å². The number of hydrogen-bond acceptors (Lipinski definition) is 6. The second-order valence-corrected chi connectivity index (χ2v) is 12.7. The number of carbonyl (C=O) groups excluding carboxylic acids is 1. The van der Waals surface area contributed by atoms with E-state index in [9.17, 15) is 18.0 Å². The van der Waals surface area contributed by atoms with Crippen molar-refractivity contribution in [3.8, 4) is 5.69 Å². The molecule has 186 valence electrons. The molecule has 0 unspecified atom stereocenters. The first kappa shape index (κ1) is 27.0. The van der Waals surface area contributed by atoms with Crippen LogP contribution < -0.4 is 16.0 Å². The second-order valence-electron chi connectivity index (χ2n) is 7.74. The molecule has 0 fully saturated rings. The Morgan fingerprint density at radius 1 is 1.08 bits per heavy atom. The van der Waals surface area contributed by atoms with Gasteiger partial charge in [-0.15, -0.1) is 0 Å². The van der Waals surface area contributed by atoms with Crippen molar-refractivity contribution in [2.24, 2.45) is 5.14 Å². The third-order valence-electron chi connectivity index (χ3n) is 5.26. The number of nitrogens with one attached hydrogen (secondary N) is 1. The second kappa shape index (κ2) is 11.2. The van der Waals surface area contributed by atoms with E-state index in [-0.39, 0.29) is 22.1 Å². The number of halogens is 2. The number of primary sulfonamides is 1. The number of nitrogens with two attached hydrogens (primary N) is 1. The van der Waals surface area contributed by atoms with Crippen LogP contribution in [0.2, 0.25) is 0 Å². The Balaban J connectivity index is 1.72.